The lowest BCUT2D eigenvalue weighted by atomic mass is 10.2. The predicted octanol–water partition coefficient (Wildman–Crippen LogP) is 2.48. The van der Waals surface area contributed by atoms with Crippen molar-refractivity contribution in [2.45, 2.75) is 17.6 Å². The van der Waals surface area contributed by atoms with Crippen LogP contribution in [0.1, 0.15) is 22.1 Å². The number of thioether (sulfide) groups is 1. The van der Waals surface area contributed by atoms with Gasteiger partial charge in [0.15, 0.2) is 0 Å². The zero-order valence-electron chi connectivity index (χ0n) is 8.71. The average molecular weight is 234 g/mol. The maximum atomic E-state index is 10.5. The Bertz CT molecular complexity index is 479. The lowest BCUT2D eigenvalue weighted by Gasteiger charge is -1.98. The first-order valence-electron chi connectivity index (χ1n) is 4.75. The number of aldehydes is 1. The Morgan fingerprint density at radius 3 is 2.62 bits per heavy atom. The standard InChI is InChI=1S/C11H10N2O2S/c1-8-12-13-11(15-8)7-16-10-4-2-9(6-14)3-5-10/h2-6H,7H2,1H3. The molecule has 0 spiro atoms. The topological polar surface area (TPSA) is 56.0 Å². The highest BCUT2D eigenvalue weighted by Gasteiger charge is 2.03. The third-order valence-corrected chi connectivity index (χ3v) is 2.94. The van der Waals surface area contributed by atoms with E-state index in [1.807, 2.05) is 12.1 Å². The minimum atomic E-state index is 0.576. The number of aryl methyl sites for hydroxylation is 1. The van der Waals surface area contributed by atoms with Crippen LogP contribution in [0, 0.1) is 6.92 Å². The summed E-state index contributed by atoms with van der Waals surface area (Å²) in [6, 6.07) is 7.37. The van der Waals surface area contributed by atoms with Crippen LogP contribution >= 0.6 is 11.8 Å². The molecule has 0 atom stereocenters. The zero-order chi connectivity index (χ0) is 11.4. The van der Waals surface area contributed by atoms with Crippen molar-refractivity contribution in [1.29, 1.82) is 0 Å². The Labute approximate surface area is 97.1 Å². The summed E-state index contributed by atoms with van der Waals surface area (Å²) in [7, 11) is 0. The molecule has 0 unspecified atom stereocenters. The number of hydrogen-bond donors (Lipinski definition) is 0. The molecule has 1 heterocycles. The zero-order valence-corrected chi connectivity index (χ0v) is 9.53. The van der Waals surface area contributed by atoms with E-state index in [0.29, 0.717) is 23.1 Å². The summed E-state index contributed by atoms with van der Waals surface area (Å²) >= 11 is 1.59. The van der Waals surface area contributed by atoms with E-state index in [-0.39, 0.29) is 0 Å². The second kappa shape index (κ2) is 4.94. The highest BCUT2D eigenvalue weighted by molar-refractivity contribution is 7.98. The van der Waals surface area contributed by atoms with Crippen molar-refractivity contribution in [1.82, 2.24) is 10.2 Å². The molecule has 0 amide bonds. The Morgan fingerprint density at radius 1 is 1.31 bits per heavy atom. The maximum Gasteiger partial charge on any atom is 0.226 e. The first kappa shape index (κ1) is 10.9. The van der Waals surface area contributed by atoms with E-state index in [1.165, 1.54) is 0 Å². The Kier molecular flexibility index (Phi) is 3.36. The summed E-state index contributed by atoms with van der Waals surface area (Å²) in [6.07, 6.45) is 0.829. The molecule has 5 heteroatoms. The van der Waals surface area contributed by atoms with Crippen LogP contribution in [-0.4, -0.2) is 16.5 Å². The number of nitrogens with zero attached hydrogens (tertiary/aromatic N) is 2. The Hall–Kier alpha value is -1.62. The highest BCUT2D eigenvalue weighted by atomic mass is 32.2. The van der Waals surface area contributed by atoms with E-state index < -0.39 is 0 Å². The van der Waals surface area contributed by atoms with Gasteiger partial charge in [-0.05, 0) is 12.1 Å². The molecule has 1 aromatic carbocycles. The molecule has 0 fully saturated rings. The molecule has 0 N–H and O–H groups in total. The molecule has 82 valence electrons. The van der Waals surface area contributed by atoms with Crippen molar-refractivity contribution in [2.24, 2.45) is 0 Å². The van der Waals surface area contributed by atoms with Crippen LogP contribution in [0.3, 0.4) is 0 Å². The molecule has 16 heavy (non-hydrogen) atoms. The minimum absolute atomic E-state index is 0.576. The lowest BCUT2D eigenvalue weighted by Crippen LogP contribution is -1.82. The predicted molar refractivity (Wildman–Crippen MR) is 60.4 cm³/mol. The first-order valence-corrected chi connectivity index (χ1v) is 5.73. The van der Waals surface area contributed by atoms with E-state index in [4.69, 9.17) is 4.42 Å². The monoisotopic (exact) mass is 234 g/mol. The molecule has 0 aliphatic carbocycles. The minimum Gasteiger partial charge on any atom is -0.425 e. The van der Waals surface area contributed by atoms with Crippen molar-refractivity contribution >= 4 is 18.0 Å². The highest BCUT2D eigenvalue weighted by Crippen LogP contribution is 2.22. The summed E-state index contributed by atoms with van der Waals surface area (Å²) in [4.78, 5) is 11.5. The second-order valence-corrected chi connectivity index (χ2v) is 4.24. The third kappa shape index (κ3) is 2.70. The maximum absolute atomic E-state index is 10.5. The van der Waals surface area contributed by atoms with Crippen molar-refractivity contribution < 1.29 is 9.21 Å². The number of aromatic nitrogens is 2. The molecule has 2 rings (SSSR count). The van der Waals surface area contributed by atoms with Crippen LogP contribution in [0.15, 0.2) is 33.6 Å². The quantitative estimate of drug-likeness (QED) is 0.601. The molecule has 0 aliphatic heterocycles. The molecule has 2 aromatic rings. The lowest BCUT2D eigenvalue weighted by molar-refractivity contribution is 0.112. The normalized spacial score (nSPS) is 10.3. The molecule has 1 aromatic heterocycles. The van der Waals surface area contributed by atoms with E-state index in [1.54, 1.807) is 30.8 Å². The molecule has 0 saturated carbocycles. The van der Waals surface area contributed by atoms with Gasteiger partial charge in [0.1, 0.15) is 6.29 Å². The van der Waals surface area contributed by atoms with Crippen LogP contribution in [0.2, 0.25) is 0 Å². The van der Waals surface area contributed by atoms with Gasteiger partial charge in [-0.2, -0.15) is 0 Å². The van der Waals surface area contributed by atoms with Gasteiger partial charge in [0.05, 0.1) is 5.75 Å². The van der Waals surface area contributed by atoms with Gasteiger partial charge in [-0.1, -0.05) is 12.1 Å². The van der Waals surface area contributed by atoms with Crippen LogP contribution in [0.5, 0.6) is 0 Å². The number of benzene rings is 1. The fourth-order valence-electron chi connectivity index (χ4n) is 1.18. The van der Waals surface area contributed by atoms with Crippen molar-refractivity contribution in [3.63, 3.8) is 0 Å². The summed E-state index contributed by atoms with van der Waals surface area (Å²) < 4.78 is 5.25. The first-order chi connectivity index (χ1) is 7.78. The SMILES string of the molecule is Cc1nnc(CSc2ccc(C=O)cc2)o1. The van der Waals surface area contributed by atoms with E-state index in [2.05, 4.69) is 10.2 Å². The third-order valence-electron chi connectivity index (χ3n) is 1.95. The summed E-state index contributed by atoms with van der Waals surface area (Å²) in [5.41, 5.74) is 0.679. The summed E-state index contributed by atoms with van der Waals surface area (Å²) in [5.74, 6) is 1.83. The van der Waals surface area contributed by atoms with Gasteiger partial charge in [0.25, 0.3) is 0 Å². The van der Waals surface area contributed by atoms with Crippen molar-refractivity contribution in [3.05, 3.63) is 41.6 Å². The van der Waals surface area contributed by atoms with Gasteiger partial charge in [-0.25, -0.2) is 0 Å². The molecular formula is C11H10N2O2S. The van der Waals surface area contributed by atoms with Crippen LogP contribution in [0.25, 0.3) is 0 Å². The van der Waals surface area contributed by atoms with Crippen molar-refractivity contribution in [3.8, 4) is 0 Å². The van der Waals surface area contributed by atoms with Gasteiger partial charge in [-0.3, -0.25) is 4.79 Å². The fourth-order valence-corrected chi connectivity index (χ4v) is 1.92. The number of hydrogen-bond acceptors (Lipinski definition) is 5. The molecule has 0 aliphatic rings. The summed E-state index contributed by atoms with van der Waals surface area (Å²) in [5, 5.41) is 7.65. The van der Waals surface area contributed by atoms with Gasteiger partial charge in [-0.15, -0.1) is 22.0 Å². The second-order valence-electron chi connectivity index (χ2n) is 3.19. The van der Waals surface area contributed by atoms with E-state index in [9.17, 15) is 4.79 Å². The number of carbonyl (C=O) groups is 1. The van der Waals surface area contributed by atoms with Crippen LogP contribution in [-0.2, 0) is 5.75 Å². The summed E-state index contributed by atoms with van der Waals surface area (Å²) in [6.45, 7) is 1.76. The molecule has 0 radical (unpaired) electrons. The molecule has 4 nitrogen and oxygen atoms in total. The largest absolute Gasteiger partial charge is 0.425 e. The van der Waals surface area contributed by atoms with Crippen LogP contribution in [0.4, 0.5) is 0 Å². The van der Waals surface area contributed by atoms with E-state index >= 15 is 0 Å². The Morgan fingerprint density at radius 2 is 2.06 bits per heavy atom. The van der Waals surface area contributed by atoms with Crippen LogP contribution < -0.4 is 0 Å². The van der Waals surface area contributed by atoms with Gasteiger partial charge in [0, 0.05) is 17.4 Å². The fraction of sp³-hybridized carbons (Fsp3) is 0.182. The van der Waals surface area contributed by atoms with Gasteiger partial charge >= 0.3 is 0 Å². The molecule has 0 saturated heterocycles. The number of carbonyl (C=O) groups excluding carboxylic acids is 1. The molecular weight excluding hydrogens is 224 g/mol. The van der Waals surface area contributed by atoms with Crippen molar-refractivity contribution in [2.75, 3.05) is 0 Å². The number of rotatable bonds is 4. The average Bonchev–Trinajstić information content (AvgIpc) is 2.73. The van der Waals surface area contributed by atoms with E-state index in [0.717, 1.165) is 11.2 Å². The smallest absolute Gasteiger partial charge is 0.226 e. The molecule has 0 bridgehead atoms. The Balaban J connectivity index is 1.96. The van der Waals surface area contributed by atoms with Gasteiger partial charge in [0.2, 0.25) is 11.8 Å². The van der Waals surface area contributed by atoms with Gasteiger partial charge < -0.3 is 4.42 Å².